The van der Waals surface area contributed by atoms with Crippen molar-refractivity contribution >= 4 is 45.5 Å². The van der Waals surface area contributed by atoms with Crippen LogP contribution in [0.3, 0.4) is 0 Å². The topological polar surface area (TPSA) is 6.48 Å². The van der Waals surface area contributed by atoms with Crippen LogP contribution in [0.5, 0.6) is 0 Å². The third-order valence-corrected chi connectivity index (χ3v) is 13.5. The molecule has 0 atom stereocenters. The Morgan fingerprint density at radius 3 is 0.552 bits per heavy atom. The molecule has 0 saturated carbocycles. The van der Waals surface area contributed by atoms with Gasteiger partial charge in [0.05, 0.1) is 0 Å². The highest BCUT2D eigenvalue weighted by molar-refractivity contribution is 7.18. The van der Waals surface area contributed by atoms with Gasteiger partial charge in [-0.15, -0.1) is 11.3 Å². The van der Waals surface area contributed by atoms with E-state index in [4.69, 9.17) is 0 Å². The fraction of sp³-hybridized carbons (Fsp3) is 0. The van der Waals surface area contributed by atoms with Gasteiger partial charge in [-0.05, 0) is 141 Å². The maximum absolute atomic E-state index is 2.34. The molecule has 0 bridgehead atoms. The summed E-state index contributed by atoms with van der Waals surface area (Å²) in [7, 11) is 0. The van der Waals surface area contributed by atoms with E-state index in [1.807, 2.05) is 11.3 Å². The molecular formula is C64H46N2S. The van der Waals surface area contributed by atoms with Gasteiger partial charge in [0.1, 0.15) is 0 Å². The molecule has 0 fully saturated rings. The van der Waals surface area contributed by atoms with Crippen LogP contribution in [-0.2, 0) is 0 Å². The third-order valence-electron chi connectivity index (χ3n) is 12.4. The van der Waals surface area contributed by atoms with E-state index in [1.54, 1.807) is 0 Å². The van der Waals surface area contributed by atoms with Crippen molar-refractivity contribution in [3.8, 4) is 65.4 Å². The Balaban J connectivity index is 0.867. The Morgan fingerprint density at radius 1 is 0.164 bits per heavy atom. The van der Waals surface area contributed by atoms with E-state index in [0.717, 1.165) is 34.1 Å². The predicted octanol–water partition coefficient (Wildman–Crippen LogP) is 18.7. The molecule has 3 heteroatoms. The van der Waals surface area contributed by atoms with Gasteiger partial charge >= 0.3 is 0 Å². The van der Waals surface area contributed by atoms with E-state index in [1.165, 1.54) is 65.4 Å². The van der Waals surface area contributed by atoms with Crippen molar-refractivity contribution in [2.45, 2.75) is 0 Å². The molecule has 2 nitrogen and oxygen atoms in total. The van der Waals surface area contributed by atoms with Gasteiger partial charge in [0.2, 0.25) is 0 Å². The zero-order valence-electron chi connectivity index (χ0n) is 36.9. The third kappa shape index (κ3) is 8.97. The molecule has 0 saturated heterocycles. The first-order valence-corrected chi connectivity index (χ1v) is 23.5. The molecule has 1 heterocycles. The zero-order valence-corrected chi connectivity index (χ0v) is 37.7. The maximum atomic E-state index is 2.34. The SMILES string of the molecule is c1ccc(-c2ccc(N(c3ccc(-c4ccccc4)cc3)c3ccc(-c4ccc(-c5ccc(N(c6ccc(-c7ccccc7)cc6)c6ccc(-c7ccccc7)cc6)cc5)s4)cc3)cc2)cc1. The minimum atomic E-state index is 1.10. The van der Waals surface area contributed by atoms with Crippen molar-refractivity contribution in [2.24, 2.45) is 0 Å². The highest BCUT2D eigenvalue weighted by Crippen LogP contribution is 2.42. The van der Waals surface area contributed by atoms with Crippen LogP contribution in [0.2, 0.25) is 0 Å². The van der Waals surface area contributed by atoms with Gasteiger partial charge in [-0.2, -0.15) is 0 Å². The van der Waals surface area contributed by atoms with Crippen LogP contribution in [0.4, 0.5) is 34.1 Å². The van der Waals surface area contributed by atoms with Crippen LogP contribution in [0.15, 0.2) is 279 Å². The summed E-state index contributed by atoms with van der Waals surface area (Å²) in [6, 6.07) is 100. The van der Waals surface area contributed by atoms with E-state index in [-0.39, 0.29) is 0 Å². The van der Waals surface area contributed by atoms with Crippen LogP contribution >= 0.6 is 11.3 Å². The Hall–Kier alpha value is -8.50. The summed E-state index contributed by atoms with van der Waals surface area (Å²) in [6.07, 6.45) is 0. The van der Waals surface area contributed by atoms with E-state index >= 15 is 0 Å². The van der Waals surface area contributed by atoms with Gasteiger partial charge in [-0.1, -0.05) is 194 Å². The van der Waals surface area contributed by atoms with Crippen LogP contribution in [-0.4, -0.2) is 0 Å². The highest BCUT2D eigenvalue weighted by atomic mass is 32.1. The van der Waals surface area contributed by atoms with Gasteiger partial charge in [-0.3, -0.25) is 0 Å². The quantitative estimate of drug-likeness (QED) is 0.121. The van der Waals surface area contributed by atoms with E-state index in [2.05, 4.69) is 289 Å². The summed E-state index contributed by atoms with van der Waals surface area (Å²) in [6.45, 7) is 0. The molecule has 0 N–H and O–H groups in total. The molecular weight excluding hydrogens is 829 g/mol. The molecule has 0 amide bonds. The van der Waals surface area contributed by atoms with Crippen molar-refractivity contribution in [2.75, 3.05) is 9.80 Å². The molecule has 0 radical (unpaired) electrons. The molecule has 0 unspecified atom stereocenters. The standard InChI is InChI=1S/C64H46N2S/c1-5-13-47(14-6-1)51-21-33-57(34-22-51)65(58-35-23-52(24-36-58)48-15-7-2-8-16-48)61-41-29-55(30-42-61)63-45-46-64(67-63)56-31-43-62(44-32-56)66(59-37-25-53(26-38-59)49-17-9-3-10-18-49)60-39-27-54(28-40-60)50-19-11-4-12-20-50/h1-46H. The molecule has 10 aromatic carbocycles. The lowest BCUT2D eigenvalue weighted by molar-refractivity contribution is 1.28. The Bertz CT molecular complexity index is 2920. The van der Waals surface area contributed by atoms with Gasteiger partial charge in [0.15, 0.2) is 0 Å². The summed E-state index contributed by atoms with van der Waals surface area (Å²) in [5, 5.41) is 0. The number of nitrogens with zero attached hydrogens (tertiary/aromatic N) is 2. The molecule has 0 aliphatic heterocycles. The number of rotatable bonds is 12. The fourth-order valence-corrected chi connectivity index (χ4v) is 9.84. The second-order valence-electron chi connectivity index (χ2n) is 16.6. The first-order chi connectivity index (χ1) is 33.2. The monoisotopic (exact) mass is 874 g/mol. The van der Waals surface area contributed by atoms with Crippen LogP contribution in [0.1, 0.15) is 0 Å². The zero-order chi connectivity index (χ0) is 44.8. The van der Waals surface area contributed by atoms with Crippen molar-refractivity contribution in [1.82, 2.24) is 0 Å². The largest absolute Gasteiger partial charge is 0.311 e. The first-order valence-electron chi connectivity index (χ1n) is 22.7. The molecule has 11 aromatic rings. The summed E-state index contributed by atoms with van der Waals surface area (Å²) >= 11 is 1.82. The second kappa shape index (κ2) is 18.9. The lowest BCUT2D eigenvalue weighted by Crippen LogP contribution is -2.09. The minimum Gasteiger partial charge on any atom is -0.311 e. The van der Waals surface area contributed by atoms with Gasteiger partial charge < -0.3 is 9.80 Å². The van der Waals surface area contributed by atoms with Crippen LogP contribution in [0, 0.1) is 0 Å². The van der Waals surface area contributed by atoms with Crippen molar-refractivity contribution in [3.05, 3.63) is 279 Å². The molecule has 0 aliphatic rings. The molecule has 318 valence electrons. The highest BCUT2D eigenvalue weighted by Gasteiger charge is 2.17. The van der Waals surface area contributed by atoms with Crippen LogP contribution in [0.25, 0.3) is 65.4 Å². The van der Waals surface area contributed by atoms with E-state index in [9.17, 15) is 0 Å². The smallest absolute Gasteiger partial charge is 0.0462 e. The fourth-order valence-electron chi connectivity index (χ4n) is 8.83. The van der Waals surface area contributed by atoms with Crippen molar-refractivity contribution < 1.29 is 0 Å². The Labute approximate surface area is 397 Å². The Kier molecular flexibility index (Phi) is 11.6. The van der Waals surface area contributed by atoms with E-state index < -0.39 is 0 Å². The molecule has 1 aromatic heterocycles. The van der Waals surface area contributed by atoms with E-state index in [0.29, 0.717) is 0 Å². The number of hydrogen-bond donors (Lipinski definition) is 0. The molecule has 0 spiro atoms. The van der Waals surface area contributed by atoms with Crippen molar-refractivity contribution in [3.63, 3.8) is 0 Å². The number of benzene rings is 10. The molecule has 0 aliphatic carbocycles. The first kappa shape index (κ1) is 41.2. The normalized spacial score (nSPS) is 11.0. The lowest BCUT2D eigenvalue weighted by Gasteiger charge is -2.26. The van der Waals surface area contributed by atoms with Gasteiger partial charge in [0, 0.05) is 43.9 Å². The van der Waals surface area contributed by atoms with Crippen molar-refractivity contribution in [1.29, 1.82) is 0 Å². The minimum absolute atomic E-state index is 1.10. The average Bonchev–Trinajstić information content (AvgIpc) is 3.92. The summed E-state index contributed by atoms with van der Waals surface area (Å²) in [5.41, 5.74) is 18.6. The lowest BCUT2D eigenvalue weighted by atomic mass is 10.0. The number of hydrogen-bond acceptors (Lipinski definition) is 3. The predicted molar refractivity (Wildman–Crippen MR) is 286 cm³/mol. The maximum Gasteiger partial charge on any atom is 0.0462 e. The number of anilines is 6. The summed E-state index contributed by atoms with van der Waals surface area (Å²) in [5.74, 6) is 0. The van der Waals surface area contributed by atoms with Crippen LogP contribution < -0.4 is 9.80 Å². The summed E-state index contributed by atoms with van der Waals surface area (Å²) < 4.78 is 0. The molecule has 67 heavy (non-hydrogen) atoms. The average molecular weight is 875 g/mol. The van der Waals surface area contributed by atoms with Gasteiger partial charge in [-0.25, -0.2) is 0 Å². The Morgan fingerprint density at radius 2 is 0.343 bits per heavy atom. The van der Waals surface area contributed by atoms with Gasteiger partial charge in [0.25, 0.3) is 0 Å². The molecule has 11 rings (SSSR count). The second-order valence-corrected chi connectivity index (χ2v) is 17.7. The number of thiophene rings is 1. The summed E-state index contributed by atoms with van der Waals surface area (Å²) in [4.78, 5) is 7.14.